The minimum absolute atomic E-state index is 0.189. The van der Waals surface area contributed by atoms with Crippen LogP contribution in [-0.2, 0) is 6.42 Å². The molecule has 1 nitrogen and oxygen atoms in total. The highest BCUT2D eigenvalue weighted by Gasteiger charge is 2.14. The molecule has 0 radical (unpaired) electrons. The van der Waals surface area contributed by atoms with E-state index in [1.165, 1.54) is 21.3 Å². The lowest BCUT2D eigenvalue weighted by molar-refractivity contribution is 0.546. The summed E-state index contributed by atoms with van der Waals surface area (Å²) in [6.07, 6.45) is 0.848. The molecule has 4 heteroatoms. The molecule has 2 aromatic carbocycles. The molecule has 0 aliphatic heterocycles. The quantitative estimate of drug-likeness (QED) is 0.629. The predicted molar refractivity (Wildman–Crippen MR) is 93.4 cm³/mol. The Morgan fingerprint density at radius 2 is 1.90 bits per heavy atom. The maximum Gasteiger partial charge on any atom is 0.123 e. The minimum atomic E-state index is -0.189. The number of benzene rings is 2. The van der Waals surface area contributed by atoms with Crippen molar-refractivity contribution in [3.8, 4) is 0 Å². The molecule has 2 rings (SSSR count). The summed E-state index contributed by atoms with van der Waals surface area (Å²) in [5.74, 6) is -0.189. The number of nitrogens with one attached hydrogen (secondary N) is 1. The average Bonchev–Trinajstić information content (AvgIpc) is 2.43. The summed E-state index contributed by atoms with van der Waals surface area (Å²) in [5.41, 5.74) is 2.40. The van der Waals surface area contributed by atoms with Gasteiger partial charge in [0.05, 0.1) is 0 Å². The maximum atomic E-state index is 13.0. The molecule has 0 amide bonds. The largest absolute Gasteiger partial charge is 0.310 e. The Morgan fingerprint density at radius 1 is 1.20 bits per heavy atom. The first-order chi connectivity index (χ1) is 9.60. The fourth-order valence-corrected chi connectivity index (χ4v) is 3.27. The third-order valence-corrected chi connectivity index (χ3v) is 4.61. The van der Waals surface area contributed by atoms with E-state index in [1.807, 2.05) is 18.2 Å². The number of hydrogen-bond acceptors (Lipinski definition) is 1. The molecule has 0 heterocycles. The third kappa shape index (κ3) is 4.27. The van der Waals surface area contributed by atoms with Crippen LogP contribution in [0.3, 0.4) is 0 Å². The smallest absolute Gasteiger partial charge is 0.123 e. The zero-order chi connectivity index (χ0) is 14.5. The Labute approximate surface area is 141 Å². The second-order valence-electron chi connectivity index (χ2n) is 4.61. The van der Waals surface area contributed by atoms with Gasteiger partial charge in [0.25, 0.3) is 0 Å². The molecule has 20 heavy (non-hydrogen) atoms. The van der Waals surface area contributed by atoms with Crippen molar-refractivity contribution in [2.24, 2.45) is 0 Å². The van der Waals surface area contributed by atoms with Crippen molar-refractivity contribution in [3.63, 3.8) is 0 Å². The zero-order valence-electron chi connectivity index (χ0n) is 11.2. The molecule has 0 aromatic heterocycles. The molecule has 2 aromatic rings. The molecular weight excluding hydrogens is 432 g/mol. The second kappa shape index (κ2) is 7.52. The molecule has 1 atom stereocenters. The van der Waals surface area contributed by atoms with Gasteiger partial charge in [0.1, 0.15) is 5.82 Å². The van der Waals surface area contributed by atoms with Gasteiger partial charge in [-0.3, -0.25) is 0 Å². The highest BCUT2D eigenvalue weighted by molar-refractivity contribution is 14.1. The van der Waals surface area contributed by atoms with Crippen LogP contribution in [0.15, 0.2) is 46.9 Å². The van der Waals surface area contributed by atoms with Crippen molar-refractivity contribution in [1.29, 1.82) is 0 Å². The van der Waals surface area contributed by atoms with Gasteiger partial charge in [-0.1, -0.05) is 35.0 Å². The number of likely N-dealkylation sites (N-methyl/N-ethyl adjacent to an activating group) is 1. The van der Waals surface area contributed by atoms with Gasteiger partial charge >= 0.3 is 0 Å². The Bertz CT molecular complexity index is 571. The van der Waals surface area contributed by atoms with Crippen LogP contribution in [0.4, 0.5) is 4.39 Å². The van der Waals surface area contributed by atoms with Crippen LogP contribution >= 0.6 is 38.5 Å². The first kappa shape index (κ1) is 15.9. The van der Waals surface area contributed by atoms with Crippen LogP contribution in [0.2, 0.25) is 0 Å². The lowest BCUT2D eigenvalue weighted by Crippen LogP contribution is -2.23. The predicted octanol–water partition coefficient (Wildman–Crippen LogP) is 5.09. The SMILES string of the molecule is CCNC(Cc1ccc(F)cc1)c1cc(Br)ccc1I. The van der Waals surface area contributed by atoms with Crippen molar-refractivity contribution in [2.75, 3.05) is 6.54 Å². The van der Waals surface area contributed by atoms with Crippen LogP contribution in [0.25, 0.3) is 0 Å². The lowest BCUT2D eigenvalue weighted by atomic mass is 9.99. The topological polar surface area (TPSA) is 12.0 Å². The van der Waals surface area contributed by atoms with E-state index in [4.69, 9.17) is 0 Å². The summed E-state index contributed by atoms with van der Waals surface area (Å²) in [6.45, 7) is 3.00. The Morgan fingerprint density at radius 3 is 2.55 bits per heavy atom. The van der Waals surface area contributed by atoms with Crippen molar-refractivity contribution in [2.45, 2.75) is 19.4 Å². The van der Waals surface area contributed by atoms with E-state index in [1.54, 1.807) is 0 Å². The van der Waals surface area contributed by atoms with Crippen LogP contribution in [0.1, 0.15) is 24.1 Å². The van der Waals surface area contributed by atoms with E-state index in [0.717, 1.165) is 23.0 Å². The highest BCUT2D eigenvalue weighted by atomic mass is 127. The minimum Gasteiger partial charge on any atom is -0.310 e. The number of hydrogen-bond donors (Lipinski definition) is 1. The lowest BCUT2D eigenvalue weighted by Gasteiger charge is -2.20. The summed E-state index contributed by atoms with van der Waals surface area (Å²) in [7, 11) is 0. The van der Waals surface area contributed by atoms with Crippen molar-refractivity contribution in [1.82, 2.24) is 5.32 Å². The maximum absolute atomic E-state index is 13.0. The Balaban J connectivity index is 2.26. The fraction of sp³-hybridized carbons (Fsp3) is 0.250. The molecule has 0 fully saturated rings. The van der Waals surface area contributed by atoms with Gasteiger partial charge in [-0.05, 0) is 77.0 Å². The van der Waals surface area contributed by atoms with E-state index in [9.17, 15) is 4.39 Å². The molecule has 0 bridgehead atoms. The molecule has 0 saturated carbocycles. The molecule has 1 N–H and O–H groups in total. The van der Waals surface area contributed by atoms with Gasteiger partial charge in [-0.25, -0.2) is 4.39 Å². The summed E-state index contributed by atoms with van der Waals surface area (Å²) in [5, 5.41) is 3.51. The van der Waals surface area contributed by atoms with E-state index < -0.39 is 0 Å². The van der Waals surface area contributed by atoms with E-state index in [2.05, 4.69) is 62.9 Å². The molecule has 0 spiro atoms. The molecule has 106 valence electrons. The molecule has 0 aliphatic rings. The highest BCUT2D eigenvalue weighted by Crippen LogP contribution is 2.26. The van der Waals surface area contributed by atoms with Crippen molar-refractivity contribution < 1.29 is 4.39 Å². The van der Waals surface area contributed by atoms with Gasteiger partial charge in [-0.2, -0.15) is 0 Å². The normalized spacial score (nSPS) is 12.4. The average molecular weight is 448 g/mol. The second-order valence-corrected chi connectivity index (χ2v) is 6.68. The van der Waals surface area contributed by atoms with Crippen LogP contribution < -0.4 is 5.32 Å². The number of rotatable bonds is 5. The summed E-state index contributed by atoms with van der Waals surface area (Å²) < 4.78 is 15.3. The van der Waals surface area contributed by atoms with Gasteiger partial charge in [-0.15, -0.1) is 0 Å². The first-order valence-corrected chi connectivity index (χ1v) is 8.40. The molecule has 0 saturated heterocycles. The summed E-state index contributed by atoms with van der Waals surface area (Å²) in [6, 6.07) is 13.3. The molecular formula is C16H16BrFIN. The van der Waals surface area contributed by atoms with E-state index >= 15 is 0 Å². The van der Waals surface area contributed by atoms with E-state index in [0.29, 0.717) is 0 Å². The van der Waals surface area contributed by atoms with E-state index in [-0.39, 0.29) is 11.9 Å². The molecule has 1 unspecified atom stereocenters. The monoisotopic (exact) mass is 447 g/mol. The van der Waals surface area contributed by atoms with Crippen LogP contribution in [0.5, 0.6) is 0 Å². The first-order valence-electron chi connectivity index (χ1n) is 6.53. The Hall–Kier alpha value is -0.460. The van der Waals surface area contributed by atoms with Gasteiger partial charge in [0.15, 0.2) is 0 Å². The standard InChI is InChI=1S/C16H16BrFIN/c1-2-20-16(9-11-3-6-13(18)7-4-11)14-10-12(17)5-8-15(14)19/h3-8,10,16,20H,2,9H2,1H3. The van der Waals surface area contributed by atoms with Crippen molar-refractivity contribution >= 4 is 38.5 Å². The fourth-order valence-electron chi connectivity index (χ4n) is 2.18. The van der Waals surface area contributed by atoms with Crippen molar-refractivity contribution in [3.05, 3.63) is 67.5 Å². The number of halogens is 3. The third-order valence-electron chi connectivity index (χ3n) is 3.14. The van der Waals surface area contributed by atoms with Crippen LogP contribution in [0, 0.1) is 9.39 Å². The molecule has 0 aliphatic carbocycles. The van der Waals surface area contributed by atoms with Gasteiger partial charge in [0.2, 0.25) is 0 Å². The zero-order valence-corrected chi connectivity index (χ0v) is 14.9. The van der Waals surface area contributed by atoms with Gasteiger partial charge < -0.3 is 5.32 Å². The van der Waals surface area contributed by atoms with Crippen LogP contribution in [-0.4, -0.2) is 6.54 Å². The summed E-state index contributed by atoms with van der Waals surface area (Å²) in [4.78, 5) is 0. The summed E-state index contributed by atoms with van der Waals surface area (Å²) >= 11 is 5.89. The Kier molecular flexibility index (Phi) is 5.99. The van der Waals surface area contributed by atoms with Gasteiger partial charge in [0, 0.05) is 14.1 Å².